The van der Waals surface area contributed by atoms with Gasteiger partial charge in [0.1, 0.15) is 17.1 Å². The molecule has 23 heavy (non-hydrogen) atoms. The van der Waals surface area contributed by atoms with Crippen LogP contribution in [0.5, 0.6) is 5.75 Å². The fourth-order valence-corrected chi connectivity index (χ4v) is 3.93. The number of fused-ring (bicyclic) bond motifs is 3. The molecule has 0 saturated carbocycles. The molecule has 0 saturated heterocycles. The smallest absolute Gasteiger partial charge is 0.141 e. The lowest BCUT2D eigenvalue weighted by atomic mass is 9.80. The molecule has 1 aromatic heterocycles. The molecule has 0 fully saturated rings. The van der Waals surface area contributed by atoms with Crippen molar-refractivity contribution in [2.75, 3.05) is 7.11 Å². The average Bonchev–Trinajstić information content (AvgIpc) is 3.16. The predicted molar refractivity (Wildman–Crippen MR) is 92.1 cm³/mol. The number of benzene rings is 2. The molecule has 1 aliphatic heterocycles. The number of hydrogen-bond donors (Lipinski definition) is 0. The summed E-state index contributed by atoms with van der Waals surface area (Å²) in [7, 11) is 1.72. The van der Waals surface area contributed by atoms with E-state index in [1.165, 1.54) is 11.1 Å². The summed E-state index contributed by atoms with van der Waals surface area (Å²) < 4.78 is 7.95. The second-order valence-corrected chi connectivity index (χ2v) is 6.16. The Morgan fingerprint density at radius 3 is 2.65 bits per heavy atom. The van der Waals surface area contributed by atoms with E-state index in [0.717, 1.165) is 28.6 Å². The molecule has 1 aliphatic rings. The van der Waals surface area contributed by atoms with Crippen LogP contribution in [-0.4, -0.2) is 16.7 Å². The van der Waals surface area contributed by atoms with Gasteiger partial charge in [-0.15, -0.1) is 0 Å². The molecule has 4 rings (SSSR count). The van der Waals surface area contributed by atoms with Gasteiger partial charge in [-0.1, -0.05) is 42.8 Å². The average molecular weight is 325 g/mol. The normalized spacial score (nSPS) is 18.6. The standard InChI is InChI=1S/C19H17ClN2O/c1-3-19(13-7-9-14(20)10-8-13)17-15(5-4-6-16(17)23-2)18-21-11-12-22(18)19/h4-12H,3H2,1-2H3. The number of nitrogens with zero attached hydrogens (tertiary/aromatic N) is 2. The Morgan fingerprint density at radius 1 is 1.17 bits per heavy atom. The van der Waals surface area contributed by atoms with Gasteiger partial charge in [0.15, 0.2) is 0 Å². The van der Waals surface area contributed by atoms with Crippen LogP contribution in [0.25, 0.3) is 11.4 Å². The van der Waals surface area contributed by atoms with Crippen LogP contribution in [-0.2, 0) is 5.54 Å². The van der Waals surface area contributed by atoms with Gasteiger partial charge in [0, 0.05) is 28.5 Å². The monoisotopic (exact) mass is 324 g/mol. The Labute approximate surface area is 140 Å². The Morgan fingerprint density at radius 2 is 1.96 bits per heavy atom. The molecule has 1 unspecified atom stereocenters. The van der Waals surface area contributed by atoms with E-state index in [4.69, 9.17) is 16.3 Å². The maximum atomic E-state index is 6.10. The highest BCUT2D eigenvalue weighted by atomic mass is 35.5. The first-order chi connectivity index (χ1) is 11.2. The van der Waals surface area contributed by atoms with Gasteiger partial charge in [-0.25, -0.2) is 4.98 Å². The molecular weight excluding hydrogens is 308 g/mol. The lowest BCUT2D eigenvalue weighted by Crippen LogP contribution is -2.32. The molecule has 0 N–H and O–H groups in total. The minimum atomic E-state index is -0.321. The number of rotatable bonds is 3. The van der Waals surface area contributed by atoms with E-state index in [0.29, 0.717) is 0 Å². The fraction of sp³-hybridized carbons (Fsp3) is 0.211. The first kappa shape index (κ1) is 14.3. The van der Waals surface area contributed by atoms with Crippen LogP contribution in [0.4, 0.5) is 0 Å². The van der Waals surface area contributed by atoms with Gasteiger partial charge < -0.3 is 9.30 Å². The van der Waals surface area contributed by atoms with Crippen molar-refractivity contribution in [1.82, 2.24) is 9.55 Å². The maximum absolute atomic E-state index is 6.10. The lowest BCUT2D eigenvalue weighted by molar-refractivity contribution is 0.376. The largest absolute Gasteiger partial charge is 0.496 e. The molecule has 0 amide bonds. The summed E-state index contributed by atoms with van der Waals surface area (Å²) in [5, 5.41) is 0.740. The van der Waals surface area contributed by atoms with Gasteiger partial charge in [-0.2, -0.15) is 0 Å². The predicted octanol–water partition coefficient (Wildman–Crippen LogP) is 4.73. The summed E-state index contributed by atoms with van der Waals surface area (Å²) in [4.78, 5) is 4.58. The molecule has 2 heterocycles. The van der Waals surface area contributed by atoms with Crippen molar-refractivity contribution >= 4 is 11.6 Å². The van der Waals surface area contributed by atoms with Gasteiger partial charge in [0.25, 0.3) is 0 Å². The molecule has 0 radical (unpaired) electrons. The number of methoxy groups -OCH3 is 1. The van der Waals surface area contributed by atoms with Crippen LogP contribution in [0.2, 0.25) is 5.02 Å². The third kappa shape index (κ3) is 1.80. The first-order valence-corrected chi connectivity index (χ1v) is 8.08. The highest BCUT2D eigenvalue weighted by molar-refractivity contribution is 6.30. The Kier molecular flexibility index (Phi) is 3.20. The van der Waals surface area contributed by atoms with Crippen LogP contribution in [0.3, 0.4) is 0 Å². The topological polar surface area (TPSA) is 27.1 Å². The maximum Gasteiger partial charge on any atom is 0.141 e. The van der Waals surface area contributed by atoms with Crippen molar-refractivity contribution in [2.24, 2.45) is 0 Å². The highest BCUT2D eigenvalue weighted by Crippen LogP contribution is 2.52. The molecule has 1 atom stereocenters. The molecular formula is C19H17ClN2O. The minimum absolute atomic E-state index is 0.321. The number of hydrogen-bond acceptors (Lipinski definition) is 2. The van der Waals surface area contributed by atoms with Crippen molar-refractivity contribution in [3.63, 3.8) is 0 Å². The Hall–Kier alpha value is -2.26. The second kappa shape index (κ2) is 5.14. The summed E-state index contributed by atoms with van der Waals surface area (Å²) in [6.45, 7) is 2.19. The molecule has 0 bridgehead atoms. The quantitative estimate of drug-likeness (QED) is 0.696. The van der Waals surface area contributed by atoms with Crippen molar-refractivity contribution in [3.8, 4) is 17.1 Å². The molecule has 3 aromatic rings. The van der Waals surface area contributed by atoms with E-state index < -0.39 is 0 Å². The van der Waals surface area contributed by atoms with Gasteiger partial charge in [0.2, 0.25) is 0 Å². The van der Waals surface area contributed by atoms with Gasteiger partial charge in [-0.05, 0) is 30.2 Å². The summed E-state index contributed by atoms with van der Waals surface area (Å²) in [5.41, 5.74) is 3.17. The van der Waals surface area contributed by atoms with Crippen LogP contribution < -0.4 is 4.74 Å². The Bertz CT molecular complexity index is 869. The molecule has 0 aliphatic carbocycles. The van der Waals surface area contributed by atoms with Crippen LogP contribution in [0, 0.1) is 0 Å². The third-order valence-corrected chi connectivity index (χ3v) is 5.04. The van der Waals surface area contributed by atoms with Crippen LogP contribution >= 0.6 is 11.6 Å². The van der Waals surface area contributed by atoms with Crippen molar-refractivity contribution < 1.29 is 4.74 Å². The van der Waals surface area contributed by atoms with Crippen LogP contribution in [0.1, 0.15) is 24.5 Å². The summed E-state index contributed by atoms with van der Waals surface area (Å²) >= 11 is 6.10. The zero-order valence-corrected chi connectivity index (χ0v) is 13.8. The number of imidazole rings is 1. The van der Waals surface area contributed by atoms with E-state index in [1.807, 2.05) is 36.7 Å². The van der Waals surface area contributed by atoms with E-state index in [9.17, 15) is 0 Å². The highest BCUT2D eigenvalue weighted by Gasteiger charge is 2.45. The first-order valence-electron chi connectivity index (χ1n) is 7.70. The Balaban J connectivity index is 2.10. The summed E-state index contributed by atoms with van der Waals surface area (Å²) in [6.07, 6.45) is 4.80. The summed E-state index contributed by atoms with van der Waals surface area (Å²) in [6, 6.07) is 14.2. The second-order valence-electron chi connectivity index (χ2n) is 5.72. The van der Waals surface area contributed by atoms with E-state index in [1.54, 1.807) is 7.11 Å². The number of halogens is 1. The zero-order chi connectivity index (χ0) is 16.0. The van der Waals surface area contributed by atoms with Gasteiger partial charge in [-0.3, -0.25) is 0 Å². The van der Waals surface area contributed by atoms with E-state index in [2.05, 4.69) is 34.7 Å². The van der Waals surface area contributed by atoms with Crippen molar-refractivity contribution in [3.05, 3.63) is 71.0 Å². The SMILES string of the molecule is CCC1(c2ccc(Cl)cc2)c2c(OC)cccc2-c2nccn21. The summed E-state index contributed by atoms with van der Waals surface area (Å²) in [5.74, 6) is 1.88. The number of aromatic nitrogens is 2. The number of ether oxygens (including phenoxy) is 1. The molecule has 2 aromatic carbocycles. The van der Waals surface area contributed by atoms with Gasteiger partial charge in [0.05, 0.1) is 7.11 Å². The minimum Gasteiger partial charge on any atom is -0.496 e. The lowest BCUT2D eigenvalue weighted by Gasteiger charge is -2.33. The fourth-order valence-electron chi connectivity index (χ4n) is 3.81. The van der Waals surface area contributed by atoms with E-state index in [-0.39, 0.29) is 5.54 Å². The molecule has 116 valence electrons. The molecule has 4 heteroatoms. The van der Waals surface area contributed by atoms with Gasteiger partial charge >= 0.3 is 0 Å². The van der Waals surface area contributed by atoms with Crippen LogP contribution in [0.15, 0.2) is 54.9 Å². The van der Waals surface area contributed by atoms with Crippen molar-refractivity contribution in [2.45, 2.75) is 18.9 Å². The van der Waals surface area contributed by atoms with E-state index >= 15 is 0 Å². The van der Waals surface area contributed by atoms with Crippen molar-refractivity contribution in [1.29, 1.82) is 0 Å². The molecule has 3 nitrogen and oxygen atoms in total. The zero-order valence-electron chi connectivity index (χ0n) is 13.1. The molecule has 0 spiro atoms. The third-order valence-electron chi connectivity index (χ3n) is 4.79.